The SMILES string of the molecule is CN(C)/C=C(\Oc1ccccc1)C(=O)Nc1cc(F)ccc1Br. The molecule has 1 amide bonds. The summed E-state index contributed by atoms with van der Waals surface area (Å²) in [7, 11) is 3.56. The van der Waals surface area contributed by atoms with Crippen molar-refractivity contribution in [3.05, 3.63) is 70.8 Å². The fourth-order valence-electron chi connectivity index (χ4n) is 1.76. The van der Waals surface area contributed by atoms with Gasteiger partial charge in [0.15, 0.2) is 0 Å². The highest BCUT2D eigenvalue weighted by atomic mass is 79.9. The van der Waals surface area contributed by atoms with Gasteiger partial charge >= 0.3 is 0 Å². The van der Waals surface area contributed by atoms with Crippen molar-refractivity contribution in [2.75, 3.05) is 19.4 Å². The van der Waals surface area contributed by atoms with Crippen LogP contribution in [0.15, 0.2) is 65.0 Å². The molecule has 23 heavy (non-hydrogen) atoms. The van der Waals surface area contributed by atoms with Gasteiger partial charge in [0.05, 0.1) is 5.69 Å². The second-order valence-corrected chi connectivity index (χ2v) is 5.80. The van der Waals surface area contributed by atoms with E-state index in [4.69, 9.17) is 4.74 Å². The lowest BCUT2D eigenvalue weighted by Gasteiger charge is -2.14. The number of para-hydroxylation sites is 1. The number of halogens is 2. The van der Waals surface area contributed by atoms with Crippen molar-refractivity contribution in [3.63, 3.8) is 0 Å². The summed E-state index contributed by atoms with van der Waals surface area (Å²) in [5, 5.41) is 2.63. The number of carbonyl (C=O) groups excluding carboxylic acids is 1. The first-order valence-electron chi connectivity index (χ1n) is 6.83. The summed E-state index contributed by atoms with van der Waals surface area (Å²) in [5.74, 6) is -0.286. The lowest BCUT2D eigenvalue weighted by molar-refractivity contribution is -0.114. The minimum atomic E-state index is -0.478. The summed E-state index contributed by atoms with van der Waals surface area (Å²) < 4.78 is 19.5. The van der Waals surface area contributed by atoms with E-state index in [1.807, 2.05) is 18.2 Å². The maximum atomic E-state index is 13.3. The molecule has 0 atom stereocenters. The van der Waals surface area contributed by atoms with Gasteiger partial charge in [-0.2, -0.15) is 0 Å². The highest BCUT2D eigenvalue weighted by molar-refractivity contribution is 9.10. The Balaban J connectivity index is 2.22. The Morgan fingerprint density at radius 3 is 2.57 bits per heavy atom. The van der Waals surface area contributed by atoms with Crippen molar-refractivity contribution < 1.29 is 13.9 Å². The van der Waals surface area contributed by atoms with Gasteiger partial charge in [0.25, 0.3) is 5.91 Å². The van der Waals surface area contributed by atoms with Crippen LogP contribution in [0.25, 0.3) is 0 Å². The van der Waals surface area contributed by atoms with E-state index in [1.165, 1.54) is 18.2 Å². The van der Waals surface area contributed by atoms with E-state index in [1.54, 1.807) is 37.3 Å². The van der Waals surface area contributed by atoms with Crippen LogP contribution in [0.2, 0.25) is 0 Å². The number of nitrogens with zero attached hydrogens (tertiary/aromatic N) is 1. The minimum absolute atomic E-state index is 0.0948. The van der Waals surface area contributed by atoms with Gasteiger partial charge in [0.1, 0.15) is 11.6 Å². The number of rotatable bonds is 5. The van der Waals surface area contributed by atoms with Gasteiger partial charge in [-0.25, -0.2) is 4.39 Å². The number of hydrogen-bond donors (Lipinski definition) is 1. The Labute approximate surface area is 142 Å². The van der Waals surface area contributed by atoms with E-state index in [-0.39, 0.29) is 5.76 Å². The molecule has 0 aliphatic rings. The Hall–Kier alpha value is -2.34. The summed E-state index contributed by atoms with van der Waals surface area (Å²) in [6.07, 6.45) is 1.55. The molecule has 4 nitrogen and oxygen atoms in total. The predicted molar refractivity (Wildman–Crippen MR) is 91.6 cm³/mol. The zero-order valence-corrected chi connectivity index (χ0v) is 14.3. The molecule has 0 aromatic heterocycles. The van der Waals surface area contributed by atoms with Gasteiger partial charge < -0.3 is 15.0 Å². The molecule has 0 spiro atoms. The number of carbonyl (C=O) groups is 1. The molecule has 2 aromatic carbocycles. The van der Waals surface area contributed by atoms with Crippen LogP contribution < -0.4 is 10.1 Å². The molecule has 0 aliphatic heterocycles. The zero-order chi connectivity index (χ0) is 16.8. The maximum absolute atomic E-state index is 13.3. The lowest BCUT2D eigenvalue weighted by atomic mass is 10.3. The molecule has 6 heteroatoms. The molecule has 2 rings (SSSR count). The first-order chi connectivity index (χ1) is 11.0. The standard InChI is InChI=1S/C17H16BrFN2O2/c1-21(2)11-16(23-13-6-4-3-5-7-13)17(22)20-15-10-12(19)8-9-14(15)18/h3-11H,1-2H3,(H,20,22)/b16-11-. The molecule has 120 valence electrons. The van der Waals surface area contributed by atoms with E-state index < -0.39 is 11.7 Å². The van der Waals surface area contributed by atoms with Gasteiger partial charge in [-0.3, -0.25) is 4.79 Å². The van der Waals surface area contributed by atoms with Crippen LogP contribution in [-0.4, -0.2) is 24.9 Å². The number of nitrogens with one attached hydrogen (secondary N) is 1. The van der Waals surface area contributed by atoms with Crippen LogP contribution in [0.1, 0.15) is 0 Å². The van der Waals surface area contributed by atoms with Crippen LogP contribution >= 0.6 is 15.9 Å². The van der Waals surface area contributed by atoms with E-state index >= 15 is 0 Å². The van der Waals surface area contributed by atoms with Gasteiger partial charge in [0, 0.05) is 24.8 Å². The molecule has 0 saturated heterocycles. The summed E-state index contributed by atoms with van der Waals surface area (Å²) in [6, 6.07) is 13.0. The third kappa shape index (κ3) is 5.10. The van der Waals surface area contributed by atoms with Crippen LogP contribution in [-0.2, 0) is 4.79 Å². The van der Waals surface area contributed by atoms with Gasteiger partial charge in [0.2, 0.25) is 5.76 Å². The molecule has 0 bridgehead atoms. The number of hydrogen-bond acceptors (Lipinski definition) is 3. The number of benzene rings is 2. The quantitative estimate of drug-likeness (QED) is 0.631. The van der Waals surface area contributed by atoms with E-state index in [9.17, 15) is 9.18 Å². The molecular formula is C17H16BrFN2O2. The Morgan fingerprint density at radius 1 is 1.22 bits per heavy atom. The highest BCUT2D eigenvalue weighted by Crippen LogP contribution is 2.24. The molecular weight excluding hydrogens is 363 g/mol. The molecule has 0 unspecified atom stereocenters. The van der Waals surface area contributed by atoms with Crippen molar-refractivity contribution in [1.82, 2.24) is 4.90 Å². The van der Waals surface area contributed by atoms with Crippen molar-refractivity contribution in [2.45, 2.75) is 0 Å². The topological polar surface area (TPSA) is 41.6 Å². The number of ether oxygens (including phenoxy) is 1. The molecule has 0 saturated carbocycles. The fourth-order valence-corrected chi connectivity index (χ4v) is 2.10. The second-order valence-electron chi connectivity index (χ2n) is 4.95. The summed E-state index contributed by atoms with van der Waals surface area (Å²) >= 11 is 3.27. The van der Waals surface area contributed by atoms with Crippen molar-refractivity contribution in [1.29, 1.82) is 0 Å². The monoisotopic (exact) mass is 378 g/mol. The molecule has 0 aliphatic carbocycles. The minimum Gasteiger partial charge on any atom is -0.450 e. The average Bonchev–Trinajstić information content (AvgIpc) is 2.51. The largest absolute Gasteiger partial charge is 0.450 e. The van der Waals surface area contributed by atoms with Crippen molar-refractivity contribution in [3.8, 4) is 5.75 Å². The molecule has 2 aromatic rings. The highest BCUT2D eigenvalue weighted by Gasteiger charge is 2.15. The van der Waals surface area contributed by atoms with Gasteiger partial charge in [-0.05, 0) is 46.3 Å². The smallest absolute Gasteiger partial charge is 0.292 e. The van der Waals surface area contributed by atoms with E-state index in [0.717, 1.165) is 0 Å². The van der Waals surface area contributed by atoms with Crippen LogP contribution in [0.3, 0.4) is 0 Å². The first-order valence-corrected chi connectivity index (χ1v) is 7.62. The molecule has 0 heterocycles. The molecule has 1 N–H and O–H groups in total. The summed E-state index contributed by atoms with van der Waals surface area (Å²) in [6.45, 7) is 0. The first kappa shape index (κ1) is 17.0. The van der Waals surface area contributed by atoms with Gasteiger partial charge in [-0.1, -0.05) is 18.2 Å². The van der Waals surface area contributed by atoms with Crippen LogP contribution in [0.4, 0.5) is 10.1 Å². The Bertz CT molecular complexity index is 718. The van der Waals surface area contributed by atoms with Crippen LogP contribution in [0.5, 0.6) is 5.75 Å². The fraction of sp³-hybridized carbons (Fsp3) is 0.118. The number of amides is 1. The van der Waals surface area contributed by atoms with Crippen LogP contribution in [0, 0.1) is 5.82 Å². The third-order valence-corrected chi connectivity index (χ3v) is 3.44. The summed E-state index contributed by atoms with van der Waals surface area (Å²) in [4.78, 5) is 14.1. The maximum Gasteiger partial charge on any atom is 0.292 e. The summed E-state index contributed by atoms with van der Waals surface area (Å²) in [5.41, 5.74) is 0.330. The lowest BCUT2D eigenvalue weighted by Crippen LogP contribution is -2.21. The Morgan fingerprint density at radius 2 is 1.91 bits per heavy atom. The molecule has 0 fully saturated rings. The van der Waals surface area contributed by atoms with Crippen molar-refractivity contribution >= 4 is 27.5 Å². The second kappa shape index (κ2) is 7.78. The third-order valence-electron chi connectivity index (χ3n) is 2.75. The number of anilines is 1. The zero-order valence-electron chi connectivity index (χ0n) is 12.7. The Kier molecular flexibility index (Phi) is 5.76. The van der Waals surface area contributed by atoms with E-state index in [0.29, 0.717) is 15.9 Å². The predicted octanol–water partition coefficient (Wildman–Crippen LogP) is 4.01. The average molecular weight is 379 g/mol. The van der Waals surface area contributed by atoms with Crippen molar-refractivity contribution in [2.24, 2.45) is 0 Å². The normalized spacial score (nSPS) is 11.0. The van der Waals surface area contributed by atoms with E-state index in [2.05, 4.69) is 21.2 Å². The molecule has 0 radical (unpaired) electrons. The van der Waals surface area contributed by atoms with Gasteiger partial charge in [-0.15, -0.1) is 0 Å².